The molecule has 1 atom stereocenters. The van der Waals surface area contributed by atoms with Crippen LogP contribution >= 0.6 is 34.8 Å². The van der Waals surface area contributed by atoms with Gasteiger partial charge in [-0.25, -0.2) is 0 Å². The zero-order valence-electron chi connectivity index (χ0n) is 8.21. The summed E-state index contributed by atoms with van der Waals surface area (Å²) in [7, 11) is 0. The van der Waals surface area contributed by atoms with Gasteiger partial charge in [0.05, 0.1) is 12.0 Å². The number of nitrogens with one attached hydrogen (secondary N) is 1. The monoisotopic (exact) mass is 331 g/mol. The summed E-state index contributed by atoms with van der Waals surface area (Å²) in [5.74, 6) is 0.0149. The second-order valence-corrected chi connectivity index (χ2v) is 5.52. The molecule has 1 fully saturated rings. The molecule has 1 aromatic rings. The number of carbonyl (C=O) groups excluding carboxylic acids is 1. The van der Waals surface area contributed by atoms with Gasteiger partial charge in [0.2, 0.25) is 5.91 Å². The van der Waals surface area contributed by atoms with Crippen LogP contribution in [-0.2, 0) is 10.3 Å². The maximum atomic E-state index is 11.3. The van der Waals surface area contributed by atoms with E-state index in [1.54, 1.807) is 0 Å². The Morgan fingerprint density at radius 2 is 2.00 bits per heavy atom. The number of carbonyl (C=O) groups is 1. The van der Waals surface area contributed by atoms with Crippen LogP contribution in [0.2, 0.25) is 0 Å². The van der Waals surface area contributed by atoms with E-state index in [1.807, 2.05) is 31.2 Å². The van der Waals surface area contributed by atoms with E-state index in [-0.39, 0.29) is 5.91 Å². The van der Waals surface area contributed by atoms with Crippen molar-refractivity contribution in [3.05, 3.63) is 33.4 Å². The minimum Gasteiger partial charge on any atom is -0.342 e. The topological polar surface area (TPSA) is 29.1 Å². The third-order valence-electron chi connectivity index (χ3n) is 2.69. The maximum Gasteiger partial charge on any atom is 0.226 e. The highest BCUT2D eigenvalue weighted by Crippen LogP contribution is 2.29. The van der Waals surface area contributed by atoms with Gasteiger partial charge in [0.15, 0.2) is 0 Å². The normalized spacial score (nSPS) is 25.5. The Morgan fingerprint density at radius 3 is 2.47 bits per heavy atom. The van der Waals surface area contributed by atoms with Crippen molar-refractivity contribution >= 4 is 45.6 Å². The molecule has 0 spiro atoms. The Balaban J connectivity index is 2.41. The Morgan fingerprint density at radius 1 is 1.40 bits per heavy atom. The van der Waals surface area contributed by atoms with Crippen LogP contribution in [0.3, 0.4) is 0 Å². The fraction of sp³-hybridized carbons (Fsp3) is 0.273. The average molecular weight is 331 g/mol. The maximum absolute atomic E-state index is 11.3. The van der Waals surface area contributed by atoms with Gasteiger partial charge in [-0.3, -0.25) is 4.79 Å². The van der Waals surface area contributed by atoms with Crippen molar-refractivity contribution in [3.8, 4) is 0 Å². The molecule has 0 bridgehead atoms. The largest absolute Gasteiger partial charge is 0.342 e. The first kappa shape index (κ1) is 11.0. The number of halogens is 1. The van der Waals surface area contributed by atoms with E-state index >= 15 is 0 Å². The van der Waals surface area contributed by atoms with E-state index in [9.17, 15) is 4.79 Å². The molecule has 1 unspecified atom stereocenters. The average Bonchev–Trinajstić information content (AvgIpc) is 2.42. The van der Waals surface area contributed by atoms with Crippen LogP contribution < -0.4 is 5.32 Å². The third-order valence-corrected chi connectivity index (χ3v) is 3.96. The second kappa shape index (κ2) is 3.83. The summed E-state index contributed by atoms with van der Waals surface area (Å²) in [5.41, 5.74) is 0.593. The predicted molar refractivity (Wildman–Crippen MR) is 71.9 cm³/mol. The van der Waals surface area contributed by atoms with E-state index in [2.05, 4.69) is 27.9 Å². The van der Waals surface area contributed by atoms with Crippen molar-refractivity contribution in [1.29, 1.82) is 0 Å². The van der Waals surface area contributed by atoms with Crippen LogP contribution in [0, 0.1) is 3.57 Å². The van der Waals surface area contributed by atoms with Crippen molar-refractivity contribution in [1.82, 2.24) is 5.32 Å². The molecule has 4 heteroatoms. The first-order valence-corrected chi connectivity index (χ1v) is 6.11. The van der Waals surface area contributed by atoms with Crippen LogP contribution in [0.5, 0.6) is 0 Å². The van der Waals surface area contributed by atoms with Gasteiger partial charge >= 0.3 is 0 Å². The van der Waals surface area contributed by atoms with Gasteiger partial charge < -0.3 is 5.32 Å². The van der Waals surface area contributed by atoms with Crippen molar-refractivity contribution < 1.29 is 4.79 Å². The van der Waals surface area contributed by atoms with Crippen molar-refractivity contribution in [2.45, 2.75) is 18.9 Å². The Labute approximate surface area is 108 Å². The molecule has 0 saturated carbocycles. The minimum absolute atomic E-state index is 0.0149. The molecule has 15 heavy (non-hydrogen) atoms. The summed E-state index contributed by atoms with van der Waals surface area (Å²) in [6.45, 7) is 1.96. The van der Waals surface area contributed by atoms with Crippen LogP contribution in [0.4, 0.5) is 0 Å². The van der Waals surface area contributed by atoms with Gasteiger partial charge in [0.1, 0.15) is 0 Å². The molecule has 1 saturated heterocycles. The standard InChI is InChI=1S/C11H10INOS/c1-11(9(15)6-10(14)13-11)7-2-4-8(12)5-3-7/h2-5H,6H2,1H3,(H,13,14). The molecule has 2 rings (SSSR count). The molecule has 1 heterocycles. The number of hydrogen-bond donors (Lipinski definition) is 1. The molecule has 1 aromatic carbocycles. The summed E-state index contributed by atoms with van der Waals surface area (Å²) >= 11 is 7.51. The first-order valence-electron chi connectivity index (χ1n) is 4.63. The van der Waals surface area contributed by atoms with Crippen LogP contribution in [0.1, 0.15) is 18.9 Å². The molecular weight excluding hydrogens is 321 g/mol. The fourth-order valence-electron chi connectivity index (χ4n) is 1.73. The van der Waals surface area contributed by atoms with Gasteiger partial charge in [0.25, 0.3) is 0 Å². The molecule has 0 aliphatic carbocycles. The van der Waals surface area contributed by atoms with Crippen LogP contribution in [-0.4, -0.2) is 10.8 Å². The third kappa shape index (κ3) is 1.92. The van der Waals surface area contributed by atoms with E-state index in [4.69, 9.17) is 12.2 Å². The Bertz CT molecular complexity index is 429. The predicted octanol–water partition coefficient (Wildman–Crippen LogP) is 2.40. The Kier molecular flexibility index (Phi) is 2.81. The molecule has 0 radical (unpaired) electrons. The molecule has 78 valence electrons. The minimum atomic E-state index is -0.462. The lowest BCUT2D eigenvalue weighted by atomic mass is 9.90. The summed E-state index contributed by atoms with van der Waals surface area (Å²) in [5, 5.41) is 2.93. The van der Waals surface area contributed by atoms with E-state index < -0.39 is 5.54 Å². The number of benzene rings is 1. The summed E-state index contributed by atoms with van der Waals surface area (Å²) in [6.07, 6.45) is 0.359. The van der Waals surface area contributed by atoms with E-state index in [0.29, 0.717) is 6.42 Å². The smallest absolute Gasteiger partial charge is 0.226 e. The lowest BCUT2D eigenvalue weighted by molar-refractivity contribution is -0.119. The van der Waals surface area contributed by atoms with Gasteiger partial charge in [-0.05, 0) is 47.2 Å². The second-order valence-electron chi connectivity index (χ2n) is 3.78. The molecule has 1 N–H and O–H groups in total. The highest BCUT2D eigenvalue weighted by Gasteiger charge is 2.39. The van der Waals surface area contributed by atoms with Crippen molar-refractivity contribution in [3.63, 3.8) is 0 Å². The highest BCUT2D eigenvalue weighted by molar-refractivity contribution is 14.1. The zero-order chi connectivity index (χ0) is 11.1. The van der Waals surface area contributed by atoms with Gasteiger partial charge in [-0.1, -0.05) is 24.4 Å². The molecule has 1 aliphatic heterocycles. The summed E-state index contributed by atoms with van der Waals surface area (Å²) in [6, 6.07) is 8.07. The number of thiocarbonyl (C=S) groups is 1. The lowest BCUT2D eigenvalue weighted by Crippen LogP contribution is -2.39. The van der Waals surface area contributed by atoms with Crippen LogP contribution in [0.25, 0.3) is 0 Å². The van der Waals surface area contributed by atoms with Gasteiger partial charge in [0, 0.05) is 8.43 Å². The lowest BCUT2D eigenvalue weighted by Gasteiger charge is -2.24. The molecule has 0 aromatic heterocycles. The quantitative estimate of drug-likeness (QED) is 0.632. The van der Waals surface area contributed by atoms with Crippen molar-refractivity contribution in [2.24, 2.45) is 0 Å². The van der Waals surface area contributed by atoms with Crippen LogP contribution in [0.15, 0.2) is 24.3 Å². The van der Waals surface area contributed by atoms with Gasteiger partial charge in [-0.15, -0.1) is 0 Å². The molecule has 1 amide bonds. The number of amides is 1. The molecule has 1 aliphatic rings. The SMILES string of the molecule is CC1(c2ccc(I)cc2)NC(=O)CC1=S. The summed E-state index contributed by atoms with van der Waals surface area (Å²) in [4.78, 5) is 12.1. The van der Waals surface area contributed by atoms with Gasteiger partial charge in [-0.2, -0.15) is 0 Å². The molecule has 2 nitrogen and oxygen atoms in total. The Hall–Kier alpha value is -0.490. The van der Waals surface area contributed by atoms with E-state index in [1.165, 1.54) is 3.57 Å². The summed E-state index contributed by atoms with van der Waals surface area (Å²) < 4.78 is 1.18. The van der Waals surface area contributed by atoms with E-state index in [0.717, 1.165) is 10.4 Å². The number of hydrogen-bond acceptors (Lipinski definition) is 2. The molecular formula is C11H10INOS. The van der Waals surface area contributed by atoms with Crippen molar-refractivity contribution in [2.75, 3.05) is 0 Å². The number of rotatable bonds is 1. The fourth-order valence-corrected chi connectivity index (χ4v) is 2.39. The zero-order valence-corrected chi connectivity index (χ0v) is 11.2. The highest BCUT2D eigenvalue weighted by atomic mass is 127. The first-order chi connectivity index (χ1) is 7.02.